The topological polar surface area (TPSA) is 103 Å². The Balaban J connectivity index is 1.76. The maximum absolute atomic E-state index is 13.0. The molecular weight excluding hydrogens is 487 g/mol. The van der Waals surface area contributed by atoms with Gasteiger partial charge in [-0.25, -0.2) is 9.78 Å². The number of anilines is 2. The van der Waals surface area contributed by atoms with E-state index in [2.05, 4.69) is 4.98 Å². The molecule has 0 saturated carbocycles. The maximum atomic E-state index is 13.0. The number of nitro benzene ring substituents is 1. The summed E-state index contributed by atoms with van der Waals surface area (Å²) in [5, 5.41) is 12.2. The van der Waals surface area contributed by atoms with Crippen molar-refractivity contribution < 1.29 is 32.4 Å². The molecule has 8 nitrogen and oxygen atoms in total. The van der Waals surface area contributed by atoms with Crippen molar-refractivity contribution in [2.45, 2.75) is 19.7 Å². The van der Waals surface area contributed by atoms with Gasteiger partial charge in [0.1, 0.15) is 6.61 Å². The summed E-state index contributed by atoms with van der Waals surface area (Å²) in [7, 11) is 0. The van der Waals surface area contributed by atoms with Gasteiger partial charge in [0, 0.05) is 24.4 Å². The molecule has 0 spiro atoms. The summed E-state index contributed by atoms with van der Waals surface area (Å²) in [4.78, 5) is 39.7. The number of carbonyl (C=O) groups is 2. The van der Waals surface area contributed by atoms with Crippen LogP contribution in [-0.4, -0.2) is 21.8 Å². The largest absolute Gasteiger partial charge is 0.456 e. The van der Waals surface area contributed by atoms with Gasteiger partial charge in [0.05, 0.1) is 32.5 Å². The molecule has 0 N–H and O–H groups in total. The maximum Gasteiger partial charge on any atom is 0.416 e. The number of ether oxygens (including phenoxy) is 1. The molecule has 0 bridgehead atoms. The van der Waals surface area contributed by atoms with Gasteiger partial charge in [-0.3, -0.25) is 19.8 Å². The van der Waals surface area contributed by atoms with Crippen LogP contribution in [0.2, 0.25) is 5.02 Å². The lowest BCUT2D eigenvalue weighted by Gasteiger charge is -2.19. The molecule has 0 fully saturated rings. The standard InChI is InChI=1S/C20H13ClF3N3O5S/c1-11(28)26(14-4-2-3-12(7-14)20(22,23)24)19-25-13(10-33-19)9-32-18(29)16-6-5-15(27(30)31)8-17(16)21/h2-8,10H,9H2,1H3. The molecule has 3 rings (SSSR count). The smallest absolute Gasteiger partial charge is 0.416 e. The monoisotopic (exact) mass is 499 g/mol. The van der Waals surface area contributed by atoms with Gasteiger partial charge in [0.2, 0.25) is 5.91 Å². The molecule has 3 aromatic rings. The Morgan fingerprint density at radius 2 is 1.97 bits per heavy atom. The van der Waals surface area contributed by atoms with Gasteiger partial charge >= 0.3 is 12.1 Å². The second kappa shape index (κ2) is 9.55. The third-order valence-corrected chi connectivity index (χ3v) is 5.40. The third-order valence-electron chi connectivity index (χ3n) is 4.21. The zero-order chi connectivity index (χ0) is 24.3. The number of nitro groups is 1. The molecule has 0 radical (unpaired) electrons. The normalized spacial score (nSPS) is 11.2. The van der Waals surface area contributed by atoms with Crippen LogP contribution in [-0.2, 0) is 22.3 Å². The number of hydrogen-bond donors (Lipinski definition) is 0. The quantitative estimate of drug-likeness (QED) is 0.242. The second-order valence-electron chi connectivity index (χ2n) is 6.52. The number of alkyl halides is 3. The van der Waals surface area contributed by atoms with E-state index in [1.807, 2.05) is 0 Å². The average Bonchev–Trinajstić information content (AvgIpc) is 3.19. The highest BCUT2D eigenvalue weighted by atomic mass is 35.5. The fourth-order valence-corrected chi connectivity index (χ4v) is 3.84. The number of halogens is 4. The number of nitrogens with zero attached hydrogens (tertiary/aromatic N) is 3. The molecular formula is C20H13ClF3N3O5S. The zero-order valence-electron chi connectivity index (χ0n) is 16.6. The van der Waals surface area contributed by atoms with Crippen molar-refractivity contribution in [1.82, 2.24) is 4.98 Å². The molecule has 33 heavy (non-hydrogen) atoms. The number of thiazole rings is 1. The first-order valence-corrected chi connectivity index (χ1v) is 10.3. The van der Waals surface area contributed by atoms with E-state index in [0.29, 0.717) is 0 Å². The van der Waals surface area contributed by atoms with Crippen molar-refractivity contribution in [3.8, 4) is 0 Å². The average molecular weight is 500 g/mol. The van der Waals surface area contributed by atoms with E-state index in [4.69, 9.17) is 16.3 Å². The summed E-state index contributed by atoms with van der Waals surface area (Å²) in [5.74, 6) is -1.42. The summed E-state index contributed by atoms with van der Waals surface area (Å²) < 4.78 is 44.2. The van der Waals surface area contributed by atoms with E-state index in [1.165, 1.54) is 24.4 Å². The van der Waals surface area contributed by atoms with Crippen molar-refractivity contribution in [3.05, 3.63) is 79.8 Å². The van der Waals surface area contributed by atoms with E-state index in [1.54, 1.807) is 0 Å². The molecule has 0 unspecified atom stereocenters. The Morgan fingerprint density at radius 3 is 2.58 bits per heavy atom. The second-order valence-corrected chi connectivity index (χ2v) is 7.77. The van der Waals surface area contributed by atoms with E-state index in [9.17, 15) is 32.9 Å². The molecule has 0 atom stereocenters. The van der Waals surface area contributed by atoms with Crippen molar-refractivity contribution in [3.63, 3.8) is 0 Å². The van der Waals surface area contributed by atoms with Crippen LogP contribution >= 0.6 is 22.9 Å². The van der Waals surface area contributed by atoms with E-state index in [0.717, 1.165) is 46.6 Å². The van der Waals surface area contributed by atoms with Crippen LogP contribution in [0, 0.1) is 10.1 Å². The summed E-state index contributed by atoms with van der Waals surface area (Å²) in [6.07, 6.45) is -4.58. The Labute approximate surface area is 193 Å². The van der Waals surface area contributed by atoms with E-state index < -0.39 is 28.5 Å². The number of aromatic nitrogens is 1. The minimum atomic E-state index is -4.58. The van der Waals surface area contributed by atoms with Crippen molar-refractivity contribution in [2.75, 3.05) is 4.90 Å². The van der Waals surface area contributed by atoms with Crippen LogP contribution in [0.5, 0.6) is 0 Å². The number of esters is 1. The lowest BCUT2D eigenvalue weighted by molar-refractivity contribution is -0.384. The molecule has 1 aromatic heterocycles. The van der Waals surface area contributed by atoms with Gasteiger partial charge in [-0.05, 0) is 24.3 Å². The molecule has 172 valence electrons. The number of hydrogen-bond acceptors (Lipinski definition) is 7. The lowest BCUT2D eigenvalue weighted by Crippen LogP contribution is -2.23. The SMILES string of the molecule is CC(=O)N(c1cccc(C(F)(F)F)c1)c1nc(COC(=O)c2ccc([N+](=O)[O-])cc2Cl)cs1. The molecule has 0 saturated heterocycles. The number of benzene rings is 2. The molecule has 0 aliphatic heterocycles. The number of non-ortho nitro benzene ring substituents is 1. The summed E-state index contributed by atoms with van der Waals surface area (Å²) in [5.41, 5.74) is -1.09. The first kappa shape index (κ1) is 24.1. The fraction of sp³-hybridized carbons (Fsp3) is 0.150. The van der Waals surface area contributed by atoms with Gasteiger partial charge in [-0.15, -0.1) is 11.3 Å². The van der Waals surface area contributed by atoms with Crippen molar-refractivity contribution in [2.24, 2.45) is 0 Å². The zero-order valence-corrected chi connectivity index (χ0v) is 18.2. The molecule has 2 aromatic carbocycles. The van der Waals surface area contributed by atoms with Crippen molar-refractivity contribution in [1.29, 1.82) is 0 Å². The van der Waals surface area contributed by atoms with Gasteiger partial charge in [-0.2, -0.15) is 13.2 Å². The Kier molecular flexibility index (Phi) is 6.98. The summed E-state index contributed by atoms with van der Waals surface area (Å²) in [6, 6.07) is 7.51. The van der Waals surface area contributed by atoms with Crippen molar-refractivity contribution >= 4 is 51.3 Å². The summed E-state index contributed by atoms with van der Waals surface area (Å²) in [6.45, 7) is 0.856. The van der Waals surface area contributed by atoms with Gasteiger partial charge in [-0.1, -0.05) is 17.7 Å². The highest BCUT2D eigenvalue weighted by molar-refractivity contribution is 7.14. The molecule has 1 heterocycles. The Morgan fingerprint density at radius 1 is 1.24 bits per heavy atom. The van der Waals surface area contributed by atoms with Crippen LogP contribution in [0.3, 0.4) is 0 Å². The van der Waals surface area contributed by atoms with Crippen LogP contribution < -0.4 is 4.90 Å². The molecule has 13 heteroatoms. The van der Waals surface area contributed by atoms with Gasteiger partial charge in [0.15, 0.2) is 5.13 Å². The number of rotatable bonds is 6. The molecule has 0 aliphatic carbocycles. The predicted octanol–water partition coefficient (Wildman–Crippen LogP) is 5.77. The third kappa shape index (κ3) is 5.65. The first-order chi connectivity index (χ1) is 15.5. The fourth-order valence-electron chi connectivity index (χ4n) is 2.71. The first-order valence-electron chi connectivity index (χ1n) is 9.01. The van der Waals surface area contributed by atoms with Crippen LogP contribution in [0.25, 0.3) is 0 Å². The summed E-state index contributed by atoms with van der Waals surface area (Å²) >= 11 is 6.87. The van der Waals surface area contributed by atoms with E-state index >= 15 is 0 Å². The highest BCUT2D eigenvalue weighted by Gasteiger charge is 2.31. The number of amides is 1. The minimum Gasteiger partial charge on any atom is -0.456 e. The van der Waals surface area contributed by atoms with Crippen LogP contribution in [0.15, 0.2) is 47.8 Å². The Bertz CT molecular complexity index is 1230. The van der Waals surface area contributed by atoms with Gasteiger partial charge in [0.25, 0.3) is 5.69 Å². The van der Waals surface area contributed by atoms with E-state index in [-0.39, 0.29) is 39.4 Å². The number of carbonyl (C=O) groups excluding carboxylic acids is 2. The van der Waals surface area contributed by atoms with Gasteiger partial charge < -0.3 is 4.74 Å². The lowest BCUT2D eigenvalue weighted by atomic mass is 10.2. The van der Waals surface area contributed by atoms with Crippen LogP contribution in [0.1, 0.15) is 28.5 Å². The molecule has 1 amide bonds. The van der Waals surface area contributed by atoms with Crippen LogP contribution in [0.4, 0.5) is 29.7 Å². The minimum absolute atomic E-state index is 0.0205. The predicted molar refractivity (Wildman–Crippen MR) is 114 cm³/mol. The molecule has 0 aliphatic rings. The Hall–Kier alpha value is -3.51. The highest BCUT2D eigenvalue weighted by Crippen LogP contribution is 2.35.